The van der Waals surface area contributed by atoms with Crippen LogP contribution in [0.1, 0.15) is 5.69 Å². The number of aromatic amines is 1. The lowest BCUT2D eigenvalue weighted by Crippen LogP contribution is -1.99. The fourth-order valence-corrected chi connectivity index (χ4v) is 3.70. The topological polar surface area (TPSA) is 89.1 Å². The lowest BCUT2D eigenvalue weighted by molar-refractivity contribution is 0.416. The van der Waals surface area contributed by atoms with E-state index < -0.39 is 0 Å². The summed E-state index contributed by atoms with van der Waals surface area (Å²) in [5.41, 5.74) is 5.56. The maximum absolute atomic E-state index is 11.0. The first-order valence-corrected chi connectivity index (χ1v) is 9.12. The van der Waals surface area contributed by atoms with Gasteiger partial charge in [0.15, 0.2) is 0 Å². The van der Waals surface area contributed by atoms with Crippen LogP contribution in [0.4, 0.5) is 0 Å². The second-order valence-electron chi connectivity index (χ2n) is 6.70. The molecule has 0 fully saturated rings. The predicted octanol–water partition coefficient (Wildman–Crippen LogP) is 4.70. The number of fused-ring (bicyclic) bond motifs is 1. The van der Waals surface area contributed by atoms with Crippen LogP contribution in [0.3, 0.4) is 0 Å². The van der Waals surface area contributed by atoms with Gasteiger partial charge < -0.3 is 14.4 Å². The summed E-state index contributed by atoms with van der Waals surface area (Å²) >= 11 is 0. The Hall–Kier alpha value is -4.00. The van der Waals surface area contributed by atoms with E-state index >= 15 is 0 Å². The molecule has 29 heavy (non-hydrogen) atoms. The van der Waals surface area contributed by atoms with Gasteiger partial charge in [-0.15, -0.1) is 0 Å². The molecule has 0 bridgehead atoms. The number of benzene rings is 2. The van der Waals surface area contributed by atoms with Crippen molar-refractivity contribution in [3.05, 3.63) is 66.6 Å². The van der Waals surface area contributed by atoms with Crippen LogP contribution in [0.2, 0.25) is 0 Å². The minimum Gasteiger partial charge on any atom is -0.496 e. The van der Waals surface area contributed by atoms with E-state index in [0.29, 0.717) is 11.3 Å². The van der Waals surface area contributed by atoms with Crippen molar-refractivity contribution in [2.45, 2.75) is 6.92 Å². The maximum Gasteiger partial charge on any atom is 0.222 e. The zero-order valence-corrected chi connectivity index (χ0v) is 15.9. The molecule has 5 aromatic rings. The molecule has 0 radical (unpaired) electrons. The van der Waals surface area contributed by atoms with Crippen molar-refractivity contribution in [3.63, 3.8) is 0 Å². The first-order chi connectivity index (χ1) is 14.2. The van der Waals surface area contributed by atoms with Gasteiger partial charge in [-0.3, -0.25) is 9.67 Å². The van der Waals surface area contributed by atoms with E-state index in [2.05, 4.69) is 15.4 Å². The first-order valence-electron chi connectivity index (χ1n) is 9.12. The molecule has 144 valence electrons. The van der Waals surface area contributed by atoms with Crippen LogP contribution in [0.15, 0.2) is 65.4 Å². The normalized spacial score (nSPS) is 11.2. The zero-order chi connectivity index (χ0) is 20.0. The fourth-order valence-electron chi connectivity index (χ4n) is 3.70. The van der Waals surface area contributed by atoms with E-state index in [1.54, 1.807) is 24.0 Å². The first kappa shape index (κ1) is 17.1. The SMILES string of the molecule is COc1ccccc1-c1c2c(C)n[nH]c2c(O)n1-c1ccc(-c2ccon2)cc1. The Kier molecular flexibility index (Phi) is 3.87. The molecule has 3 aromatic heterocycles. The number of rotatable bonds is 4. The van der Waals surface area contributed by atoms with Crippen LogP contribution in [0.25, 0.3) is 39.1 Å². The number of para-hydroxylation sites is 1. The molecule has 2 aromatic carbocycles. The highest BCUT2D eigenvalue weighted by atomic mass is 16.5. The van der Waals surface area contributed by atoms with Gasteiger partial charge in [-0.1, -0.05) is 29.4 Å². The number of aromatic nitrogens is 4. The number of hydrogen-bond donors (Lipinski definition) is 2. The van der Waals surface area contributed by atoms with Gasteiger partial charge in [0.05, 0.1) is 23.9 Å². The van der Waals surface area contributed by atoms with Crippen molar-refractivity contribution in [1.29, 1.82) is 0 Å². The van der Waals surface area contributed by atoms with Crippen molar-refractivity contribution in [3.8, 4) is 39.8 Å². The lowest BCUT2D eigenvalue weighted by Gasteiger charge is -2.14. The smallest absolute Gasteiger partial charge is 0.222 e. The molecule has 7 nitrogen and oxygen atoms in total. The Morgan fingerprint density at radius 1 is 1.07 bits per heavy atom. The highest BCUT2D eigenvalue weighted by Crippen LogP contribution is 2.43. The molecule has 0 amide bonds. The van der Waals surface area contributed by atoms with E-state index in [-0.39, 0.29) is 5.88 Å². The fraction of sp³-hybridized carbons (Fsp3) is 0.0909. The second kappa shape index (κ2) is 6.56. The molecule has 2 N–H and O–H groups in total. The maximum atomic E-state index is 11.0. The minimum absolute atomic E-state index is 0.0932. The number of aromatic hydroxyl groups is 1. The number of H-pyrrole nitrogens is 1. The van der Waals surface area contributed by atoms with Crippen LogP contribution >= 0.6 is 0 Å². The van der Waals surface area contributed by atoms with E-state index in [1.807, 2.05) is 55.5 Å². The van der Waals surface area contributed by atoms with Gasteiger partial charge in [0.1, 0.15) is 23.2 Å². The Labute approximate surface area is 166 Å². The standard InChI is InChI=1S/C22H18N4O3/c1-13-19-20(24-23-13)22(27)26(21(19)16-5-3-4-6-18(16)28-2)15-9-7-14(8-10-15)17-11-12-29-25-17/h3-12,24,27H,1-2H3. The number of aryl methyl sites for hydroxylation is 1. The van der Waals surface area contributed by atoms with Crippen LogP contribution in [-0.2, 0) is 0 Å². The van der Waals surface area contributed by atoms with Crippen LogP contribution < -0.4 is 4.74 Å². The molecular formula is C22H18N4O3. The van der Waals surface area contributed by atoms with E-state index in [9.17, 15) is 5.11 Å². The molecule has 0 aliphatic carbocycles. The van der Waals surface area contributed by atoms with Crippen LogP contribution in [0.5, 0.6) is 11.6 Å². The molecule has 0 aliphatic rings. The van der Waals surface area contributed by atoms with Gasteiger partial charge in [-0.25, -0.2) is 0 Å². The average Bonchev–Trinajstić information content (AvgIpc) is 3.47. The summed E-state index contributed by atoms with van der Waals surface area (Å²) in [6.07, 6.45) is 1.54. The summed E-state index contributed by atoms with van der Waals surface area (Å²) in [7, 11) is 1.64. The molecule has 0 saturated heterocycles. The van der Waals surface area contributed by atoms with Crippen LogP contribution in [-0.4, -0.2) is 32.1 Å². The summed E-state index contributed by atoms with van der Waals surface area (Å²) in [5, 5.41) is 23.1. The number of methoxy groups -OCH3 is 1. The summed E-state index contributed by atoms with van der Waals surface area (Å²) in [5.74, 6) is 0.809. The Morgan fingerprint density at radius 3 is 2.59 bits per heavy atom. The average molecular weight is 386 g/mol. The molecule has 0 aliphatic heterocycles. The van der Waals surface area contributed by atoms with Crippen molar-refractivity contribution in [1.82, 2.24) is 19.9 Å². The van der Waals surface area contributed by atoms with Crippen molar-refractivity contribution in [2.24, 2.45) is 0 Å². The summed E-state index contributed by atoms with van der Waals surface area (Å²) in [4.78, 5) is 0. The van der Waals surface area contributed by atoms with Crippen molar-refractivity contribution >= 4 is 10.9 Å². The Balaban J connectivity index is 1.77. The second-order valence-corrected chi connectivity index (χ2v) is 6.70. The van der Waals surface area contributed by atoms with E-state index in [1.165, 1.54) is 0 Å². The van der Waals surface area contributed by atoms with Gasteiger partial charge in [-0.05, 0) is 31.2 Å². The minimum atomic E-state index is 0.0932. The predicted molar refractivity (Wildman–Crippen MR) is 109 cm³/mol. The highest BCUT2D eigenvalue weighted by molar-refractivity contribution is 6.01. The zero-order valence-electron chi connectivity index (χ0n) is 15.9. The third-order valence-electron chi connectivity index (χ3n) is 5.06. The van der Waals surface area contributed by atoms with Crippen molar-refractivity contribution in [2.75, 3.05) is 7.11 Å². The molecule has 0 atom stereocenters. The molecule has 5 rings (SSSR count). The Morgan fingerprint density at radius 2 is 1.86 bits per heavy atom. The third-order valence-corrected chi connectivity index (χ3v) is 5.06. The number of hydrogen-bond acceptors (Lipinski definition) is 5. The largest absolute Gasteiger partial charge is 0.496 e. The highest BCUT2D eigenvalue weighted by Gasteiger charge is 2.24. The monoisotopic (exact) mass is 386 g/mol. The number of nitrogens with one attached hydrogen (secondary N) is 1. The Bertz CT molecular complexity index is 1300. The van der Waals surface area contributed by atoms with Gasteiger partial charge in [0.25, 0.3) is 0 Å². The third kappa shape index (κ3) is 2.59. The van der Waals surface area contributed by atoms with Gasteiger partial charge in [0.2, 0.25) is 5.88 Å². The van der Waals surface area contributed by atoms with Gasteiger partial charge in [-0.2, -0.15) is 5.10 Å². The van der Waals surface area contributed by atoms with Gasteiger partial charge >= 0.3 is 0 Å². The summed E-state index contributed by atoms with van der Waals surface area (Å²) in [6, 6.07) is 17.3. The van der Waals surface area contributed by atoms with E-state index in [4.69, 9.17) is 9.26 Å². The molecule has 0 spiro atoms. The molecule has 0 saturated carbocycles. The quantitative estimate of drug-likeness (QED) is 0.467. The molecular weight excluding hydrogens is 368 g/mol. The molecule has 0 unspecified atom stereocenters. The number of ether oxygens (including phenoxy) is 1. The van der Waals surface area contributed by atoms with Crippen LogP contribution in [0, 0.1) is 6.92 Å². The van der Waals surface area contributed by atoms with Gasteiger partial charge in [0, 0.05) is 22.9 Å². The summed E-state index contributed by atoms with van der Waals surface area (Å²) in [6.45, 7) is 1.91. The summed E-state index contributed by atoms with van der Waals surface area (Å²) < 4.78 is 12.3. The van der Waals surface area contributed by atoms with E-state index in [0.717, 1.165) is 39.3 Å². The van der Waals surface area contributed by atoms with Crippen molar-refractivity contribution < 1.29 is 14.4 Å². The molecule has 7 heteroatoms. The number of nitrogens with zero attached hydrogens (tertiary/aromatic N) is 3. The lowest BCUT2D eigenvalue weighted by atomic mass is 10.1. The molecule has 3 heterocycles.